The van der Waals surface area contributed by atoms with E-state index in [0.29, 0.717) is 47.8 Å². The zero-order chi connectivity index (χ0) is 28.1. The number of nitrogens with two attached hydrogens (primary N) is 1. The molecule has 0 saturated carbocycles. The molecule has 0 spiro atoms. The monoisotopic (exact) mass is 573 g/mol. The Kier molecular flexibility index (Phi) is 14.5. The Morgan fingerprint density at radius 1 is 1.14 bits per heavy atom. The molecule has 2 rings (SSSR count). The van der Waals surface area contributed by atoms with Gasteiger partial charge in [0.2, 0.25) is 5.91 Å². The number of rotatable bonds is 14. The van der Waals surface area contributed by atoms with Gasteiger partial charge in [0.05, 0.1) is 43.6 Å². The van der Waals surface area contributed by atoms with Gasteiger partial charge in [0, 0.05) is 21.8 Å². The lowest BCUT2D eigenvalue weighted by Crippen LogP contribution is -2.33. The summed E-state index contributed by atoms with van der Waals surface area (Å²) in [6.07, 6.45) is 1.76. The first-order chi connectivity index (χ1) is 17.4. The molecule has 0 aliphatic rings. The minimum Gasteiger partial charge on any atom is -0.493 e. The quantitative estimate of drug-likeness (QED) is 0.223. The third-order valence-electron chi connectivity index (χ3n) is 4.97. The van der Waals surface area contributed by atoms with Gasteiger partial charge < -0.3 is 25.3 Å². The number of benzene rings is 1. The summed E-state index contributed by atoms with van der Waals surface area (Å²) in [4.78, 5) is 27.9. The fourth-order valence-electron chi connectivity index (χ4n) is 2.86. The van der Waals surface area contributed by atoms with Gasteiger partial charge in [0.25, 0.3) is 0 Å². The average Bonchev–Trinajstić information content (AvgIpc) is 3.31. The van der Waals surface area contributed by atoms with Gasteiger partial charge in [0.1, 0.15) is 17.3 Å². The molecule has 3 N–H and O–H groups in total. The van der Waals surface area contributed by atoms with E-state index in [-0.39, 0.29) is 36.3 Å². The molecule has 0 radical (unpaired) electrons. The topological polar surface area (TPSA) is 113 Å². The molecule has 37 heavy (non-hydrogen) atoms. The molecule has 11 heteroatoms. The third kappa shape index (κ3) is 12.5. The summed E-state index contributed by atoms with van der Waals surface area (Å²) in [5.41, 5.74) is 6.88. The second-order valence-corrected chi connectivity index (χ2v) is 11.1. The van der Waals surface area contributed by atoms with E-state index in [2.05, 4.69) is 50.6 Å². The van der Waals surface area contributed by atoms with Crippen LogP contribution < -0.4 is 15.8 Å². The zero-order valence-electron chi connectivity index (χ0n) is 22.6. The summed E-state index contributed by atoms with van der Waals surface area (Å²) in [7, 11) is 0. The second-order valence-electron chi connectivity index (χ2n) is 9.86. The van der Waals surface area contributed by atoms with Crippen molar-refractivity contribution in [1.82, 2.24) is 10.3 Å². The lowest BCUT2D eigenvalue weighted by atomic mass is 9.94. The summed E-state index contributed by atoms with van der Waals surface area (Å²) in [6.45, 7) is 12.3. The minimum absolute atomic E-state index is 0.0531. The molecule has 1 aromatic carbocycles. The number of aromatic nitrogens is 1. The van der Waals surface area contributed by atoms with E-state index in [4.69, 9.17) is 31.5 Å². The summed E-state index contributed by atoms with van der Waals surface area (Å²) >= 11 is 11.4. The van der Waals surface area contributed by atoms with Gasteiger partial charge in [0.15, 0.2) is 0 Å². The summed E-state index contributed by atoms with van der Waals surface area (Å²) in [6, 6.07) is 5.47. The van der Waals surface area contributed by atoms with Crippen molar-refractivity contribution in [2.24, 2.45) is 16.6 Å². The number of carbonyl (C=O) groups is 2. The molecule has 0 aliphatic heterocycles. The molecule has 1 heterocycles. The summed E-state index contributed by atoms with van der Waals surface area (Å²) in [5, 5.41) is 5.53. The van der Waals surface area contributed by atoms with Crippen LogP contribution in [0.2, 0.25) is 5.02 Å². The Labute approximate surface area is 235 Å². The number of hydrogen-bond acceptors (Lipinski definition) is 9. The molecule has 0 saturated heterocycles. The largest absolute Gasteiger partial charge is 0.493 e. The van der Waals surface area contributed by atoms with Gasteiger partial charge in [-0.15, -0.1) is 11.3 Å². The van der Waals surface area contributed by atoms with Crippen molar-refractivity contribution in [3.05, 3.63) is 34.3 Å². The van der Waals surface area contributed by atoms with Gasteiger partial charge in [-0.3, -0.25) is 9.59 Å². The van der Waals surface area contributed by atoms with Crippen molar-refractivity contribution in [2.45, 2.75) is 41.0 Å². The van der Waals surface area contributed by atoms with Crippen molar-refractivity contribution < 1.29 is 23.8 Å². The lowest BCUT2D eigenvalue weighted by Gasteiger charge is -2.28. The van der Waals surface area contributed by atoms with Crippen LogP contribution >= 0.6 is 35.6 Å². The fraction of sp³-hybridized carbons (Fsp3) is 0.577. The van der Waals surface area contributed by atoms with Gasteiger partial charge in [-0.1, -0.05) is 39.3 Å². The number of thiazole rings is 1. The fourth-order valence-corrected chi connectivity index (χ4v) is 4.04. The highest BCUT2D eigenvalue weighted by Crippen LogP contribution is 2.34. The number of carbonyl (C=O) groups excluding carboxylic acids is 2. The number of nitrogens with zero attached hydrogens (tertiary/aromatic N) is 1. The van der Waals surface area contributed by atoms with Crippen molar-refractivity contribution in [1.29, 1.82) is 0 Å². The molecule has 8 nitrogen and oxygen atoms in total. The summed E-state index contributed by atoms with van der Waals surface area (Å²) in [5.74, 6) is -0.118. The number of halogens is 1. The van der Waals surface area contributed by atoms with Gasteiger partial charge >= 0.3 is 5.97 Å². The molecule has 0 bridgehead atoms. The van der Waals surface area contributed by atoms with E-state index in [0.717, 1.165) is 5.56 Å². The highest BCUT2D eigenvalue weighted by Gasteiger charge is 2.23. The molecule has 0 fully saturated rings. The molecular formula is C26H40ClN3O5S2. The maximum absolute atomic E-state index is 12.1. The number of nitrogens with one attached hydrogen (secondary N) is 1. The normalized spacial score (nSPS) is 11.4. The Hall–Kier alpha value is -1.85. The van der Waals surface area contributed by atoms with Crippen LogP contribution in [0.15, 0.2) is 23.6 Å². The number of esters is 1. The van der Waals surface area contributed by atoms with Crippen molar-refractivity contribution in [3.63, 3.8) is 0 Å². The molecular weight excluding hydrogens is 534 g/mol. The highest BCUT2D eigenvalue weighted by atomic mass is 35.5. The minimum atomic E-state index is -0.472. The second kappa shape index (κ2) is 16.2. The first-order valence-electron chi connectivity index (χ1n) is 12.0. The van der Waals surface area contributed by atoms with Gasteiger partial charge in [-0.25, -0.2) is 4.98 Å². The van der Waals surface area contributed by atoms with E-state index >= 15 is 0 Å². The first-order valence-corrected chi connectivity index (χ1v) is 14.1. The smallest absolute Gasteiger partial charge is 0.325 e. The maximum atomic E-state index is 12.1. The van der Waals surface area contributed by atoms with Crippen molar-refractivity contribution in [3.8, 4) is 16.3 Å². The zero-order valence-corrected chi connectivity index (χ0v) is 25.0. The molecule has 208 valence electrons. The Morgan fingerprint density at radius 2 is 1.81 bits per heavy atom. The van der Waals surface area contributed by atoms with Crippen LogP contribution in [0.3, 0.4) is 0 Å². The van der Waals surface area contributed by atoms with Crippen LogP contribution in [-0.4, -0.2) is 62.6 Å². The first kappa shape index (κ1) is 33.2. The van der Waals surface area contributed by atoms with Gasteiger partial charge in [-0.2, -0.15) is 12.6 Å². The standard InChI is InChI=1S/C25H36ClN3O5S.CH4S/c1-6-33-22(31)11-28-21(30)9-17-12-35-23(29-17)19-8-7-18(10-20(19)26)34-16-25(4,5)15-32-14-24(2,3)13-27;1-2/h7-8,10,12H,6,9,11,13-16,27H2,1-5H3,(H,28,30);2H,1H3. The molecule has 0 unspecified atom stereocenters. The Bertz CT molecular complexity index is 998. The maximum Gasteiger partial charge on any atom is 0.325 e. The molecule has 0 atom stereocenters. The van der Waals surface area contributed by atoms with Crippen LogP contribution in [0.1, 0.15) is 40.3 Å². The van der Waals surface area contributed by atoms with E-state index < -0.39 is 5.97 Å². The van der Waals surface area contributed by atoms with Crippen LogP contribution in [-0.2, 0) is 25.5 Å². The highest BCUT2D eigenvalue weighted by molar-refractivity contribution is 7.79. The molecule has 1 amide bonds. The number of thiol groups is 1. The van der Waals surface area contributed by atoms with E-state index in [1.165, 1.54) is 11.3 Å². The summed E-state index contributed by atoms with van der Waals surface area (Å²) < 4.78 is 16.6. The van der Waals surface area contributed by atoms with Crippen LogP contribution in [0.4, 0.5) is 0 Å². The predicted molar refractivity (Wildman–Crippen MR) is 154 cm³/mol. The van der Waals surface area contributed by atoms with Crippen LogP contribution in [0.5, 0.6) is 5.75 Å². The Balaban J connectivity index is 0.00000334. The lowest BCUT2D eigenvalue weighted by molar-refractivity contribution is -0.143. The van der Waals surface area contributed by atoms with Crippen LogP contribution in [0.25, 0.3) is 10.6 Å². The molecule has 2 aromatic rings. The number of hydrogen-bond donors (Lipinski definition) is 3. The third-order valence-corrected chi connectivity index (χ3v) is 6.20. The van der Waals surface area contributed by atoms with Crippen molar-refractivity contribution >= 4 is 47.4 Å². The molecule has 1 aromatic heterocycles. The van der Waals surface area contributed by atoms with E-state index in [9.17, 15) is 9.59 Å². The predicted octanol–water partition coefficient (Wildman–Crippen LogP) is 4.64. The number of amides is 1. The number of ether oxygens (including phenoxy) is 3. The van der Waals surface area contributed by atoms with E-state index in [1.807, 2.05) is 12.1 Å². The van der Waals surface area contributed by atoms with E-state index in [1.54, 1.807) is 24.6 Å². The van der Waals surface area contributed by atoms with Crippen LogP contribution in [0, 0.1) is 10.8 Å². The molecule has 0 aliphatic carbocycles. The van der Waals surface area contributed by atoms with Gasteiger partial charge in [-0.05, 0) is 37.9 Å². The SMILES string of the molecule is CCOC(=O)CNC(=O)Cc1csc(-c2ccc(OCC(C)(C)COCC(C)(C)CN)cc2Cl)n1.CS. The van der Waals surface area contributed by atoms with Crippen molar-refractivity contribution in [2.75, 3.05) is 45.8 Å². The Morgan fingerprint density at radius 3 is 2.43 bits per heavy atom. The average molecular weight is 574 g/mol.